The van der Waals surface area contributed by atoms with Crippen molar-refractivity contribution >= 4 is 32.4 Å². The molecule has 0 bridgehead atoms. The van der Waals surface area contributed by atoms with Gasteiger partial charge in [0.15, 0.2) is 5.13 Å². The normalized spacial score (nSPS) is 10.7. The Hall–Kier alpha value is -2.21. The summed E-state index contributed by atoms with van der Waals surface area (Å²) in [6, 6.07) is 9.50. The summed E-state index contributed by atoms with van der Waals surface area (Å²) in [5.41, 5.74) is 8.33. The van der Waals surface area contributed by atoms with Crippen LogP contribution in [-0.2, 0) is 6.54 Å². The lowest BCUT2D eigenvalue weighted by Crippen LogP contribution is -2.01. The Morgan fingerprint density at radius 1 is 1.28 bits per heavy atom. The first-order chi connectivity index (χ1) is 8.81. The summed E-state index contributed by atoms with van der Waals surface area (Å²) >= 11 is 1.58. The molecule has 0 aliphatic rings. The van der Waals surface area contributed by atoms with Crippen LogP contribution in [0.5, 0.6) is 0 Å². The van der Waals surface area contributed by atoms with Gasteiger partial charge in [0.1, 0.15) is 0 Å². The average molecular weight is 257 g/mol. The van der Waals surface area contributed by atoms with Gasteiger partial charge in [0, 0.05) is 11.9 Å². The lowest BCUT2D eigenvalue weighted by atomic mass is 10.3. The molecule has 0 radical (unpaired) electrons. The van der Waals surface area contributed by atoms with Gasteiger partial charge in [0.25, 0.3) is 0 Å². The van der Waals surface area contributed by atoms with E-state index in [0.29, 0.717) is 6.54 Å². The number of nitrogens with two attached hydrogens (primary N) is 1. The van der Waals surface area contributed by atoms with Crippen LogP contribution in [0.1, 0.15) is 5.69 Å². The second kappa shape index (κ2) is 4.58. The molecule has 0 aliphatic heterocycles. The molecule has 0 atom stereocenters. The number of nitrogens with one attached hydrogen (secondary N) is 1. The van der Waals surface area contributed by atoms with E-state index in [1.165, 1.54) is 0 Å². The van der Waals surface area contributed by atoms with Crippen LogP contribution in [-0.4, -0.2) is 15.2 Å². The molecule has 0 aliphatic carbocycles. The highest BCUT2D eigenvalue weighted by atomic mass is 32.1. The Morgan fingerprint density at radius 2 is 2.22 bits per heavy atom. The first kappa shape index (κ1) is 10.9. The van der Waals surface area contributed by atoms with Crippen molar-refractivity contribution in [3.63, 3.8) is 0 Å². The van der Waals surface area contributed by atoms with Gasteiger partial charge in [-0.3, -0.25) is 0 Å². The molecular weight excluding hydrogens is 246 g/mol. The third-order valence-electron chi connectivity index (χ3n) is 2.46. The molecule has 0 saturated carbocycles. The zero-order valence-electron chi connectivity index (χ0n) is 9.50. The zero-order chi connectivity index (χ0) is 12.4. The molecular formula is C12H11N5S. The minimum absolute atomic E-state index is 0.614. The maximum Gasteiger partial charge on any atom is 0.184 e. The number of thiazole rings is 1. The molecule has 90 valence electrons. The minimum Gasteiger partial charge on any atom is -0.399 e. The van der Waals surface area contributed by atoms with Gasteiger partial charge >= 0.3 is 0 Å². The van der Waals surface area contributed by atoms with E-state index in [9.17, 15) is 0 Å². The Kier molecular flexibility index (Phi) is 2.77. The summed E-state index contributed by atoms with van der Waals surface area (Å²) in [7, 11) is 0. The van der Waals surface area contributed by atoms with Crippen LogP contribution in [0.15, 0.2) is 36.5 Å². The van der Waals surface area contributed by atoms with Gasteiger partial charge in [-0.25, -0.2) is 4.98 Å². The maximum atomic E-state index is 5.74. The summed E-state index contributed by atoms with van der Waals surface area (Å²) in [6.07, 6.45) is 1.66. The van der Waals surface area contributed by atoms with Crippen LogP contribution < -0.4 is 11.1 Å². The van der Waals surface area contributed by atoms with Crippen molar-refractivity contribution < 1.29 is 0 Å². The predicted molar refractivity (Wildman–Crippen MR) is 73.4 cm³/mol. The predicted octanol–water partition coefficient (Wildman–Crippen LogP) is 2.28. The number of fused-ring (bicyclic) bond motifs is 1. The second-order valence-corrected chi connectivity index (χ2v) is 4.85. The van der Waals surface area contributed by atoms with E-state index in [1.807, 2.05) is 30.3 Å². The van der Waals surface area contributed by atoms with E-state index in [2.05, 4.69) is 20.5 Å². The number of nitrogen functional groups attached to an aromatic ring is 1. The lowest BCUT2D eigenvalue weighted by Gasteiger charge is -1.99. The molecule has 3 N–H and O–H groups in total. The van der Waals surface area contributed by atoms with Gasteiger partial charge in [-0.05, 0) is 30.3 Å². The van der Waals surface area contributed by atoms with Gasteiger partial charge in [-0.2, -0.15) is 10.2 Å². The minimum atomic E-state index is 0.614. The number of rotatable bonds is 3. The summed E-state index contributed by atoms with van der Waals surface area (Å²) in [5, 5.41) is 11.9. The van der Waals surface area contributed by atoms with E-state index in [1.54, 1.807) is 17.5 Å². The molecule has 18 heavy (non-hydrogen) atoms. The monoisotopic (exact) mass is 257 g/mol. The summed E-state index contributed by atoms with van der Waals surface area (Å²) in [5.74, 6) is 0. The average Bonchev–Trinajstić information content (AvgIpc) is 2.79. The number of benzene rings is 1. The Morgan fingerprint density at radius 3 is 3.06 bits per heavy atom. The molecule has 2 aromatic heterocycles. The topological polar surface area (TPSA) is 76.7 Å². The van der Waals surface area contributed by atoms with Gasteiger partial charge in [-0.1, -0.05) is 11.3 Å². The quantitative estimate of drug-likeness (QED) is 0.704. The van der Waals surface area contributed by atoms with Crippen LogP contribution in [0, 0.1) is 0 Å². The van der Waals surface area contributed by atoms with Crippen molar-refractivity contribution in [2.24, 2.45) is 0 Å². The SMILES string of the molecule is Nc1ccc2nc(NCc3cccnn3)sc2c1. The highest BCUT2D eigenvalue weighted by Gasteiger charge is 2.04. The van der Waals surface area contributed by atoms with Crippen molar-refractivity contribution in [3.8, 4) is 0 Å². The van der Waals surface area contributed by atoms with Gasteiger partial charge in [-0.15, -0.1) is 0 Å². The van der Waals surface area contributed by atoms with E-state index < -0.39 is 0 Å². The highest BCUT2D eigenvalue weighted by Crippen LogP contribution is 2.27. The molecule has 5 nitrogen and oxygen atoms in total. The van der Waals surface area contributed by atoms with Gasteiger partial charge in [0.05, 0.1) is 22.5 Å². The molecule has 0 saturated heterocycles. The maximum absolute atomic E-state index is 5.74. The van der Waals surface area contributed by atoms with E-state index >= 15 is 0 Å². The molecule has 2 heterocycles. The fourth-order valence-corrected chi connectivity index (χ4v) is 2.52. The molecule has 1 aromatic carbocycles. The van der Waals surface area contributed by atoms with E-state index in [0.717, 1.165) is 26.7 Å². The molecule has 6 heteroatoms. The van der Waals surface area contributed by atoms with Crippen molar-refractivity contribution in [1.29, 1.82) is 0 Å². The molecule has 0 amide bonds. The van der Waals surface area contributed by atoms with Crippen LogP contribution in [0.4, 0.5) is 10.8 Å². The van der Waals surface area contributed by atoms with Crippen LogP contribution >= 0.6 is 11.3 Å². The summed E-state index contributed by atoms with van der Waals surface area (Å²) < 4.78 is 1.08. The summed E-state index contributed by atoms with van der Waals surface area (Å²) in [4.78, 5) is 4.47. The fourth-order valence-electron chi connectivity index (χ4n) is 1.61. The number of hydrogen-bond donors (Lipinski definition) is 2. The number of aromatic nitrogens is 3. The number of hydrogen-bond acceptors (Lipinski definition) is 6. The fraction of sp³-hybridized carbons (Fsp3) is 0.0833. The Labute approximate surface area is 108 Å². The summed E-state index contributed by atoms with van der Waals surface area (Å²) in [6.45, 7) is 0.614. The van der Waals surface area contributed by atoms with Crippen molar-refractivity contribution in [2.45, 2.75) is 6.54 Å². The second-order valence-electron chi connectivity index (χ2n) is 3.81. The molecule has 0 spiro atoms. The first-order valence-corrected chi connectivity index (χ1v) is 6.29. The largest absolute Gasteiger partial charge is 0.399 e. The third-order valence-corrected chi connectivity index (χ3v) is 3.44. The van der Waals surface area contributed by atoms with Crippen LogP contribution in [0.3, 0.4) is 0 Å². The van der Waals surface area contributed by atoms with Crippen molar-refractivity contribution in [2.75, 3.05) is 11.1 Å². The van der Waals surface area contributed by atoms with E-state index in [-0.39, 0.29) is 0 Å². The lowest BCUT2D eigenvalue weighted by molar-refractivity contribution is 0.924. The standard InChI is InChI=1S/C12H11N5S/c13-8-3-4-10-11(6-8)18-12(16-10)14-7-9-2-1-5-15-17-9/h1-6H,7,13H2,(H,14,16). The Bertz CT molecular complexity index is 665. The van der Waals surface area contributed by atoms with Crippen molar-refractivity contribution in [3.05, 3.63) is 42.2 Å². The molecule has 0 fully saturated rings. The Balaban J connectivity index is 1.79. The van der Waals surface area contributed by atoms with Crippen LogP contribution in [0.25, 0.3) is 10.2 Å². The third kappa shape index (κ3) is 2.23. The number of nitrogens with zero attached hydrogens (tertiary/aromatic N) is 3. The van der Waals surface area contributed by atoms with Gasteiger partial charge in [0.2, 0.25) is 0 Å². The molecule has 3 rings (SSSR count). The highest BCUT2D eigenvalue weighted by molar-refractivity contribution is 7.22. The number of anilines is 2. The molecule has 0 unspecified atom stereocenters. The smallest absolute Gasteiger partial charge is 0.184 e. The van der Waals surface area contributed by atoms with Crippen LogP contribution in [0.2, 0.25) is 0 Å². The van der Waals surface area contributed by atoms with Gasteiger partial charge < -0.3 is 11.1 Å². The molecule has 3 aromatic rings. The van der Waals surface area contributed by atoms with E-state index in [4.69, 9.17) is 5.73 Å². The van der Waals surface area contributed by atoms with Crippen molar-refractivity contribution in [1.82, 2.24) is 15.2 Å². The zero-order valence-corrected chi connectivity index (χ0v) is 10.3. The first-order valence-electron chi connectivity index (χ1n) is 5.48.